The maximum Gasteiger partial charge on any atom is 0.345 e. The van der Waals surface area contributed by atoms with Crippen LogP contribution >= 0.6 is 34.5 Å². The molecule has 0 radical (unpaired) electrons. The molecule has 2 aromatic rings. The van der Waals surface area contributed by atoms with E-state index in [1.807, 2.05) is 0 Å². The highest BCUT2D eigenvalue weighted by Crippen LogP contribution is 2.34. The number of anilines is 1. The van der Waals surface area contributed by atoms with Crippen molar-refractivity contribution >= 4 is 44.7 Å². The number of rotatable bonds is 5. The van der Waals surface area contributed by atoms with Crippen LogP contribution in [-0.4, -0.2) is 21.6 Å². The minimum absolute atomic E-state index is 0.0885. The van der Waals surface area contributed by atoms with E-state index < -0.39 is 11.0 Å². The highest BCUT2D eigenvalue weighted by molar-refractivity contribution is 7.18. The van der Waals surface area contributed by atoms with Gasteiger partial charge in [-0.2, -0.15) is 0 Å². The summed E-state index contributed by atoms with van der Waals surface area (Å²) in [5.74, 6) is 0. The minimum Gasteiger partial charge on any atom is -0.394 e. The molecule has 0 bridgehead atoms. The van der Waals surface area contributed by atoms with Crippen molar-refractivity contribution < 1.29 is 10.0 Å². The van der Waals surface area contributed by atoms with E-state index in [0.29, 0.717) is 20.7 Å². The number of halogens is 2. The number of hydrogen-bond acceptors (Lipinski definition) is 6. The van der Waals surface area contributed by atoms with Gasteiger partial charge in [0, 0.05) is 15.6 Å². The number of nitro groups is 1. The van der Waals surface area contributed by atoms with E-state index in [0.717, 1.165) is 17.5 Å². The summed E-state index contributed by atoms with van der Waals surface area (Å²) < 4.78 is 0. The monoisotopic (exact) mass is 333 g/mol. The SMILES string of the molecule is O=[N+]([O-])c1cnc(N[C@@H](CO)c2c(Cl)cccc2Cl)s1. The highest BCUT2D eigenvalue weighted by Gasteiger charge is 2.20. The normalized spacial score (nSPS) is 12.2. The first kappa shape index (κ1) is 15.0. The lowest BCUT2D eigenvalue weighted by Crippen LogP contribution is -2.15. The van der Waals surface area contributed by atoms with E-state index in [1.54, 1.807) is 18.2 Å². The van der Waals surface area contributed by atoms with Crippen LogP contribution in [0.4, 0.5) is 10.1 Å². The fraction of sp³-hybridized carbons (Fsp3) is 0.182. The average Bonchev–Trinajstić information content (AvgIpc) is 2.86. The molecule has 1 aromatic carbocycles. The summed E-state index contributed by atoms with van der Waals surface area (Å²) in [6.45, 7) is -0.281. The first-order valence-electron chi connectivity index (χ1n) is 5.44. The van der Waals surface area contributed by atoms with Crippen LogP contribution in [0.3, 0.4) is 0 Å². The van der Waals surface area contributed by atoms with E-state index in [1.165, 1.54) is 0 Å². The van der Waals surface area contributed by atoms with Crippen LogP contribution in [0.25, 0.3) is 0 Å². The lowest BCUT2D eigenvalue weighted by molar-refractivity contribution is -0.380. The van der Waals surface area contributed by atoms with Crippen molar-refractivity contribution in [3.05, 3.63) is 50.1 Å². The molecule has 0 aliphatic carbocycles. The fourth-order valence-corrected chi connectivity index (χ4v) is 2.96. The Labute approximate surface area is 128 Å². The first-order valence-corrected chi connectivity index (χ1v) is 7.01. The summed E-state index contributed by atoms with van der Waals surface area (Å²) in [4.78, 5) is 14.0. The van der Waals surface area contributed by atoms with Gasteiger partial charge in [-0.3, -0.25) is 10.1 Å². The molecule has 9 heteroatoms. The molecule has 0 saturated heterocycles. The summed E-state index contributed by atoms with van der Waals surface area (Å²) in [5.41, 5.74) is 0.524. The summed E-state index contributed by atoms with van der Waals surface area (Å²) in [6, 6.07) is 4.40. The van der Waals surface area contributed by atoms with Crippen LogP contribution in [-0.2, 0) is 0 Å². The van der Waals surface area contributed by atoms with Crippen LogP contribution in [0.15, 0.2) is 24.4 Å². The van der Waals surface area contributed by atoms with Gasteiger partial charge in [0.25, 0.3) is 0 Å². The number of nitrogens with zero attached hydrogens (tertiary/aromatic N) is 2. The molecule has 1 heterocycles. The molecule has 1 aromatic heterocycles. The third-order valence-electron chi connectivity index (χ3n) is 2.50. The number of aromatic nitrogens is 1. The second-order valence-electron chi connectivity index (χ2n) is 3.78. The van der Waals surface area contributed by atoms with E-state index >= 15 is 0 Å². The highest BCUT2D eigenvalue weighted by atomic mass is 35.5. The van der Waals surface area contributed by atoms with Gasteiger partial charge in [-0.25, -0.2) is 4.98 Å². The molecule has 20 heavy (non-hydrogen) atoms. The van der Waals surface area contributed by atoms with Crippen LogP contribution in [0.5, 0.6) is 0 Å². The van der Waals surface area contributed by atoms with Gasteiger partial charge < -0.3 is 10.4 Å². The second kappa shape index (κ2) is 6.36. The van der Waals surface area contributed by atoms with Gasteiger partial charge in [0.1, 0.15) is 6.20 Å². The smallest absolute Gasteiger partial charge is 0.345 e. The van der Waals surface area contributed by atoms with Crippen molar-refractivity contribution in [3.8, 4) is 0 Å². The molecule has 0 saturated carbocycles. The number of thiazole rings is 1. The Bertz CT molecular complexity index is 615. The Morgan fingerprint density at radius 1 is 1.45 bits per heavy atom. The molecule has 0 spiro atoms. The Kier molecular flexibility index (Phi) is 4.77. The summed E-state index contributed by atoms with van der Waals surface area (Å²) in [6.07, 6.45) is 1.15. The van der Waals surface area contributed by atoms with Crippen LogP contribution in [0.1, 0.15) is 11.6 Å². The van der Waals surface area contributed by atoms with Crippen molar-refractivity contribution in [2.24, 2.45) is 0 Å². The minimum atomic E-state index is -0.595. The second-order valence-corrected chi connectivity index (χ2v) is 5.60. The van der Waals surface area contributed by atoms with Crippen molar-refractivity contribution in [2.45, 2.75) is 6.04 Å². The fourth-order valence-electron chi connectivity index (χ4n) is 1.62. The van der Waals surface area contributed by atoms with Gasteiger partial charge in [0.2, 0.25) is 0 Å². The molecule has 0 fully saturated rings. The Morgan fingerprint density at radius 3 is 2.60 bits per heavy atom. The topological polar surface area (TPSA) is 88.3 Å². The summed E-state index contributed by atoms with van der Waals surface area (Å²) in [7, 11) is 0. The van der Waals surface area contributed by atoms with Crippen LogP contribution < -0.4 is 5.32 Å². The molecular weight excluding hydrogens is 325 g/mol. The zero-order valence-corrected chi connectivity index (χ0v) is 12.2. The largest absolute Gasteiger partial charge is 0.394 e. The Morgan fingerprint density at radius 2 is 2.10 bits per heavy atom. The number of benzene rings is 1. The van der Waals surface area contributed by atoms with E-state index in [4.69, 9.17) is 23.2 Å². The zero-order chi connectivity index (χ0) is 14.7. The Balaban J connectivity index is 2.26. The molecule has 1 atom stereocenters. The zero-order valence-electron chi connectivity index (χ0n) is 9.92. The standard InChI is InChI=1S/C11H9Cl2N3O3S/c12-6-2-1-3-7(13)10(6)8(5-17)15-11-14-4-9(20-11)16(18)19/h1-4,8,17H,5H2,(H,14,15)/t8-/m0/s1. The molecule has 0 unspecified atom stereocenters. The van der Waals surface area contributed by atoms with Crippen molar-refractivity contribution in [3.63, 3.8) is 0 Å². The van der Waals surface area contributed by atoms with Crippen LogP contribution in [0.2, 0.25) is 10.0 Å². The van der Waals surface area contributed by atoms with Crippen molar-refractivity contribution in [1.29, 1.82) is 0 Å². The lowest BCUT2D eigenvalue weighted by Gasteiger charge is -2.18. The quantitative estimate of drug-likeness (QED) is 0.645. The predicted octanol–water partition coefficient (Wildman–Crippen LogP) is 3.50. The molecular formula is C11H9Cl2N3O3S. The number of aliphatic hydroxyl groups excluding tert-OH is 1. The molecule has 0 amide bonds. The third-order valence-corrected chi connectivity index (χ3v) is 4.04. The number of hydrogen-bond donors (Lipinski definition) is 2. The van der Waals surface area contributed by atoms with E-state index in [2.05, 4.69) is 10.3 Å². The molecule has 0 aliphatic heterocycles. The first-order chi connectivity index (χ1) is 9.52. The van der Waals surface area contributed by atoms with Gasteiger partial charge >= 0.3 is 5.00 Å². The third kappa shape index (κ3) is 3.18. The maximum absolute atomic E-state index is 10.6. The number of nitrogens with one attached hydrogen (secondary N) is 1. The van der Waals surface area contributed by atoms with Crippen molar-refractivity contribution in [1.82, 2.24) is 4.98 Å². The molecule has 2 N–H and O–H groups in total. The lowest BCUT2D eigenvalue weighted by atomic mass is 10.1. The molecule has 2 rings (SSSR count). The van der Waals surface area contributed by atoms with Crippen molar-refractivity contribution in [2.75, 3.05) is 11.9 Å². The van der Waals surface area contributed by atoms with Crippen LogP contribution in [0, 0.1) is 10.1 Å². The number of aliphatic hydroxyl groups is 1. The average molecular weight is 334 g/mol. The molecule has 6 nitrogen and oxygen atoms in total. The molecule has 0 aliphatic rings. The predicted molar refractivity (Wildman–Crippen MR) is 78.7 cm³/mol. The summed E-state index contributed by atoms with van der Waals surface area (Å²) in [5, 5.41) is 24.0. The summed E-state index contributed by atoms with van der Waals surface area (Å²) >= 11 is 13.0. The van der Waals surface area contributed by atoms with Gasteiger partial charge in [-0.1, -0.05) is 29.3 Å². The van der Waals surface area contributed by atoms with E-state index in [9.17, 15) is 15.2 Å². The van der Waals surface area contributed by atoms with Gasteiger partial charge in [0.15, 0.2) is 5.13 Å². The molecule has 106 valence electrons. The van der Waals surface area contributed by atoms with Gasteiger partial charge in [0.05, 0.1) is 17.6 Å². The Hall–Kier alpha value is -1.41. The van der Waals surface area contributed by atoms with E-state index in [-0.39, 0.29) is 11.6 Å². The van der Waals surface area contributed by atoms with Gasteiger partial charge in [-0.15, -0.1) is 0 Å². The maximum atomic E-state index is 10.6. The van der Waals surface area contributed by atoms with Gasteiger partial charge in [-0.05, 0) is 23.5 Å².